The molecule has 1 N–H and O–H groups in total. The van der Waals surface area contributed by atoms with Crippen LogP contribution in [0.4, 0.5) is 0 Å². The molecule has 16 heavy (non-hydrogen) atoms. The van der Waals surface area contributed by atoms with Gasteiger partial charge in [0.2, 0.25) is 0 Å². The summed E-state index contributed by atoms with van der Waals surface area (Å²) in [6.45, 7) is 7.09. The van der Waals surface area contributed by atoms with E-state index in [9.17, 15) is 0 Å². The molecule has 0 fully saturated rings. The van der Waals surface area contributed by atoms with Gasteiger partial charge in [0.15, 0.2) is 0 Å². The van der Waals surface area contributed by atoms with Crippen LogP contribution in [0.2, 0.25) is 0 Å². The van der Waals surface area contributed by atoms with Gasteiger partial charge < -0.3 is 9.84 Å². The Hall–Kier alpha value is -0.340. The first kappa shape index (κ1) is 13.7. The van der Waals surface area contributed by atoms with E-state index in [1.807, 2.05) is 0 Å². The van der Waals surface area contributed by atoms with E-state index in [2.05, 4.69) is 26.8 Å². The number of aliphatic hydroxyl groups excluding tert-OH is 1. The van der Waals surface area contributed by atoms with Gasteiger partial charge in [-0.15, -0.1) is 0 Å². The highest BCUT2D eigenvalue weighted by Crippen LogP contribution is 2.37. The Bertz CT molecular complexity index is 234. The second-order valence-electron chi connectivity index (χ2n) is 5.94. The monoisotopic (exact) mass is 226 g/mol. The SMILES string of the molecule is COC(CO)CC1=CCC(C(C)(C)C)CC1. The summed E-state index contributed by atoms with van der Waals surface area (Å²) in [6, 6.07) is 0. The van der Waals surface area contributed by atoms with Gasteiger partial charge >= 0.3 is 0 Å². The van der Waals surface area contributed by atoms with E-state index in [-0.39, 0.29) is 12.7 Å². The van der Waals surface area contributed by atoms with Crippen molar-refractivity contribution in [2.75, 3.05) is 13.7 Å². The molecule has 0 spiro atoms. The Labute approximate surface area is 99.7 Å². The second-order valence-corrected chi connectivity index (χ2v) is 5.94. The standard InChI is InChI=1S/C14H26O2/c1-14(2,3)12-7-5-11(6-8-12)9-13(10-15)16-4/h5,12-13,15H,6-10H2,1-4H3. The molecule has 0 aromatic heterocycles. The van der Waals surface area contributed by atoms with Crippen LogP contribution in [0.5, 0.6) is 0 Å². The lowest BCUT2D eigenvalue weighted by molar-refractivity contribution is 0.0482. The highest BCUT2D eigenvalue weighted by Gasteiger charge is 2.26. The molecule has 0 saturated heterocycles. The minimum absolute atomic E-state index is 0.0163. The van der Waals surface area contributed by atoms with Crippen LogP contribution in [-0.2, 0) is 4.74 Å². The minimum atomic E-state index is -0.0163. The molecule has 0 aromatic carbocycles. The first-order chi connectivity index (χ1) is 7.47. The largest absolute Gasteiger partial charge is 0.394 e. The van der Waals surface area contributed by atoms with E-state index in [0.29, 0.717) is 5.41 Å². The van der Waals surface area contributed by atoms with E-state index in [4.69, 9.17) is 9.84 Å². The summed E-state index contributed by atoms with van der Waals surface area (Å²) in [5, 5.41) is 9.09. The second kappa shape index (κ2) is 5.83. The van der Waals surface area contributed by atoms with Crippen LogP contribution in [-0.4, -0.2) is 24.9 Å². The molecule has 0 radical (unpaired) electrons. The molecule has 0 aromatic rings. The zero-order valence-corrected chi connectivity index (χ0v) is 11.1. The Morgan fingerprint density at radius 3 is 2.56 bits per heavy atom. The van der Waals surface area contributed by atoms with Crippen LogP contribution >= 0.6 is 0 Å². The van der Waals surface area contributed by atoms with Crippen molar-refractivity contribution < 1.29 is 9.84 Å². The van der Waals surface area contributed by atoms with Crippen LogP contribution in [0.15, 0.2) is 11.6 Å². The topological polar surface area (TPSA) is 29.5 Å². The molecule has 1 aliphatic rings. The van der Waals surface area contributed by atoms with Gasteiger partial charge in [-0.05, 0) is 37.0 Å². The van der Waals surface area contributed by atoms with Gasteiger partial charge in [0.05, 0.1) is 12.7 Å². The van der Waals surface area contributed by atoms with Gasteiger partial charge in [-0.1, -0.05) is 32.4 Å². The Kier molecular flexibility index (Phi) is 5.00. The molecule has 0 aliphatic heterocycles. The highest BCUT2D eigenvalue weighted by molar-refractivity contribution is 5.08. The number of aliphatic hydroxyl groups is 1. The predicted molar refractivity (Wildman–Crippen MR) is 67.4 cm³/mol. The van der Waals surface area contributed by atoms with Gasteiger partial charge in [0.1, 0.15) is 0 Å². The third-order valence-electron chi connectivity index (χ3n) is 3.76. The van der Waals surface area contributed by atoms with Crippen molar-refractivity contribution in [2.24, 2.45) is 11.3 Å². The Morgan fingerprint density at radius 2 is 2.19 bits per heavy atom. The highest BCUT2D eigenvalue weighted by atomic mass is 16.5. The van der Waals surface area contributed by atoms with E-state index < -0.39 is 0 Å². The zero-order valence-electron chi connectivity index (χ0n) is 11.1. The summed E-state index contributed by atoms with van der Waals surface area (Å²) in [4.78, 5) is 0. The van der Waals surface area contributed by atoms with Crippen LogP contribution in [0.1, 0.15) is 46.5 Å². The smallest absolute Gasteiger partial charge is 0.0838 e. The molecule has 0 bridgehead atoms. The number of hydrogen-bond acceptors (Lipinski definition) is 2. The third-order valence-corrected chi connectivity index (χ3v) is 3.76. The summed E-state index contributed by atoms with van der Waals surface area (Å²) >= 11 is 0. The lowest BCUT2D eigenvalue weighted by Gasteiger charge is -2.33. The summed E-state index contributed by atoms with van der Waals surface area (Å²) < 4.78 is 5.21. The number of hydrogen-bond donors (Lipinski definition) is 1. The molecule has 0 heterocycles. The maximum atomic E-state index is 9.09. The molecule has 94 valence electrons. The van der Waals surface area contributed by atoms with Crippen molar-refractivity contribution in [3.05, 3.63) is 11.6 Å². The maximum absolute atomic E-state index is 9.09. The van der Waals surface area contributed by atoms with Crippen molar-refractivity contribution in [1.82, 2.24) is 0 Å². The van der Waals surface area contributed by atoms with E-state index in [0.717, 1.165) is 12.3 Å². The summed E-state index contributed by atoms with van der Waals surface area (Å²) in [7, 11) is 1.67. The van der Waals surface area contributed by atoms with E-state index >= 15 is 0 Å². The summed E-state index contributed by atoms with van der Waals surface area (Å²) in [5.74, 6) is 0.798. The molecule has 2 atom stereocenters. The van der Waals surface area contributed by atoms with Crippen molar-refractivity contribution in [2.45, 2.75) is 52.6 Å². The zero-order chi connectivity index (χ0) is 12.2. The summed E-state index contributed by atoms with van der Waals surface area (Å²) in [6.07, 6.45) is 6.86. The number of ether oxygens (including phenoxy) is 1. The van der Waals surface area contributed by atoms with Crippen LogP contribution in [0.25, 0.3) is 0 Å². The van der Waals surface area contributed by atoms with Crippen LogP contribution < -0.4 is 0 Å². The lowest BCUT2D eigenvalue weighted by Crippen LogP contribution is -2.23. The quantitative estimate of drug-likeness (QED) is 0.746. The molecule has 2 nitrogen and oxygen atoms in total. The molecule has 1 rings (SSSR count). The molecule has 1 aliphatic carbocycles. The molecular weight excluding hydrogens is 200 g/mol. The first-order valence-electron chi connectivity index (χ1n) is 6.29. The molecule has 2 unspecified atom stereocenters. The normalized spacial score (nSPS) is 24.1. The van der Waals surface area contributed by atoms with Gasteiger partial charge in [-0.2, -0.15) is 0 Å². The third kappa shape index (κ3) is 3.91. The molecular formula is C14H26O2. The Morgan fingerprint density at radius 1 is 1.50 bits per heavy atom. The van der Waals surface area contributed by atoms with Crippen molar-refractivity contribution >= 4 is 0 Å². The molecule has 0 saturated carbocycles. The fraction of sp³-hybridized carbons (Fsp3) is 0.857. The summed E-state index contributed by atoms with van der Waals surface area (Å²) in [5.41, 5.74) is 1.88. The van der Waals surface area contributed by atoms with E-state index in [1.54, 1.807) is 7.11 Å². The number of allylic oxidation sites excluding steroid dienone is 1. The lowest BCUT2D eigenvalue weighted by atomic mass is 9.72. The van der Waals surface area contributed by atoms with Gasteiger partial charge in [-0.3, -0.25) is 0 Å². The van der Waals surface area contributed by atoms with Crippen molar-refractivity contribution in [1.29, 1.82) is 0 Å². The number of rotatable bonds is 4. The van der Waals surface area contributed by atoms with E-state index in [1.165, 1.54) is 24.8 Å². The Balaban J connectivity index is 2.47. The molecule has 2 heteroatoms. The fourth-order valence-electron chi connectivity index (χ4n) is 2.38. The van der Waals surface area contributed by atoms with Crippen LogP contribution in [0.3, 0.4) is 0 Å². The average Bonchev–Trinajstić information content (AvgIpc) is 2.25. The fourth-order valence-corrected chi connectivity index (χ4v) is 2.38. The van der Waals surface area contributed by atoms with Gasteiger partial charge in [-0.25, -0.2) is 0 Å². The van der Waals surface area contributed by atoms with Gasteiger partial charge in [0.25, 0.3) is 0 Å². The average molecular weight is 226 g/mol. The van der Waals surface area contributed by atoms with Crippen molar-refractivity contribution in [3.63, 3.8) is 0 Å². The predicted octanol–water partition coefficient (Wildman–Crippen LogP) is 3.16. The van der Waals surface area contributed by atoms with Gasteiger partial charge in [0, 0.05) is 7.11 Å². The maximum Gasteiger partial charge on any atom is 0.0838 e. The first-order valence-corrected chi connectivity index (χ1v) is 6.29. The molecule has 0 amide bonds. The number of methoxy groups -OCH3 is 1. The van der Waals surface area contributed by atoms with Crippen LogP contribution in [0, 0.1) is 11.3 Å². The minimum Gasteiger partial charge on any atom is -0.394 e. The van der Waals surface area contributed by atoms with Crippen molar-refractivity contribution in [3.8, 4) is 0 Å².